The van der Waals surface area contributed by atoms with Gasteiger partial charge in [0.1, 0.15) is 0 Å². The molecule has 0 atom stereocenters. The Bertz CT molecular complexity index is 521. The van der Waals surface area contributed by atoms with Gasteiger partial charge in [-0.05, 0) is 86.1 Å². The van der Waals surface area contributed by atoms with Crippen LogP contribution in [-0.2, 0) is 19.5 Å². The topological polar surface area (TPSA) is 0 Å². The number of benzene rings is 1. The van der Waals surface area contributed by atoms with E-state index in [0.29, 0.717) is 6.08 Å². The molecule has 0 unspecified atom stereocenters. The SMILES string of the molecule is C=Cc1c(F)c(F)[c-]c(F)c1F.CC[PH+](CC)CC.CC[PH+](CC)CC.CC[PH+](CC)CC.[Rh]. The summed E-state index contributed by atoms with van der Waals surface area (Å²) in [5.74, 6) is -6.07. The van der Waals surface area contributed by atoms with Gasteiger partial charge in [0.2, 0.25) is 0 Å². The minimum Gasteiger partial charge on any atom is -0.281 e. The van der Waals surface area contributed by atoms with E-state index in [1.165, 1.54) is 61.5 Å². The first-order valence-electron chi connectivity index (χ1n) is 12.5. The van der Waals surface area contributed by atoms with Gasteiger partial charge >= 0.3 is 0 Å². The van der Waals surface area contributed by atoms with E-state index in [0.717, 1.165) is 0 Å². The Kier molecular flexibility index (Phi) is 34.6. The van der Waals surface area contributed by atoms with Crippen molar-refractivity contribution in [3.05, 3.63) is 41.5 Å². The maximum absolute atomic E-state index is 12.6. The molecular weight excluding hydrogens is 584 g/mol. The molecule has 0 saturated heterocycles. The molecule has 1 radical (unpaired) electrons. The van der Waals surface area contributed by atoms with Crippen LogP contribution in [-0.4, -0.2) is 55.5 Å². The van der Waals surface area contributed by atoms with Gasteiger partial charge in [-0.15, -0.1) is 12.6 Å². The molecule has 0 nitrogen and oxygen atoms in total. The predicted molar refractivity (Wildman–Crippen MR) is 155 cm³/mol. The summed E-state index contributed by atoms with van der Waals surface area (Å²) in [7, 11) is 0.412. The van der Waals surface area contributed by atoms with E-state index in [1.54, 1.807) is 0 Å². The van der Waals surface area contributed by atoms with Crippen LogP contribution >= 0.6 is 23.8 Å². The van der Waals surface area contributed by atoms with Crippen LogP contribution in [0.5, 0.6) is 0 Å². The Morgan fingerprint density at radius 1 is 0.559 bits per heavy atom. The Hall–Kier alpha value is 0.593. The van der Waals surface area contributed by atoms with Crippen molar-refractivity contribution in [1.29, 1.82) is 0 Å². The van der Waals surface area contributed by atoms with E-state index >= 15 is 0 Å². The predicted octanol–water partition coefficient (Wildman–Crippen LogP) is 9.46. The molecule has 0 bridgehead atoms. The van der Waals surface area contributed by atoms with Crippen molar-refractivity contribution in [2.75, 3.05) is 55.5 Å². The van der Waals surface area contributed by atoms with Crippen LogP contribution in [0, 0.1) is 29.3 Å². The van der Waals surface area contributed by atoms with Gasteiger partial charge in [-0.25, -0.2) is 8.78 Å². The first-order valence-corrected chi connectivity index (χ1v) is 18.9. The van der Waals surface area contributed by atoms with Crippen molar-refractivity contribution in [1.82, 2.24) is 0 Å². The average Bonchev–Trinajstić information content (AvgIpc) is 2.83. The molecule has 205 valence electrons. The van der Waals surface area contributed by atoms with Crippen LogP contribution < -0.4 is 0 Å². The van der Waals surface area contributed by atoms with Gasteiger partial charge in [-0.3, -0.25) is 8.78 Å². The van der Waals surface area contributed by atoms with Crippen molar-refractivity contribution in [2.45, 2.75) is 62.3 Å². The standard InChI is InChI=1S/C8H3F4.3C6H15P.Rh/c1-2-4-7(11)5(9)3-6(10)8(4)12;3*1-4-7(5-2)6-3;/h2H,1H2;3*4-6H2,1-3H3;/q-1;;;;/p+3. The molecule has 8 heteroatoms. The fourth-order valence-corrected chi connectivity index (χ4v) is 7.47. The van der Waals surface area contributed by atoms with E-state index < -0.39 is 28.8 Å². The zero-order valence-electron chi connectivity index (χ0n) is 23.0. The molecular formula is C26H51F4P3Rh+2. The second-order valence-electron chi connectivity index (χ2n) is 7.43. The van der Waals surface area contributed by atoms with Gasteiger partial charge in [0, 0.05) is 31.1 Å². The molecule has 0 spiro atoms. The number of hydrogen-bond donors (Lipinski definition) is 0. The van der Waals surface area contributed by atoms with Crippen molar-refractivity contribution < 1.29 is 37.0 Å². The van der Waals surface area contributed by atoms with Crippen LogP contribution in [0.15, 0.2) is 6.58 Å². The third-order valence-electron chi connectivity index (χ3n) is 5.78. The maximum Gasteiger partial charge on any atom is 0.0543 e. The van der Waals surface area contributed by atoms with Gasteiger partial charge in [0.25, 0.3) is 0 Å². The average molecular weight is 636 g/mol. The molecule has 1 aromatic carbocycles. The molecule has 1 aromatic rings. The summed E-state index contributed by atoms with van der Waals surface area (Å²) in [6.07, 6.45) is 13.8. The molecule has 0 aliphatic carbocycles. The van der Waals surface area contributed by atoms with Gasteiger partial charge in [0.05, 0.1) is 67.1 Å². The summed E-state index contributed by atoms with van der Waals surface area (Å²) < 4.78 is 49.8. The van der Waals surface area contributed by atoms with E-state index in [4.69, 9.17) is 0 Å². The van der Waals surface area contributed by atoms with Crippen LogP contribution in [0.3, 0.4) is 0 Å². The van der Waals surface area contributed by atoms with E-state index in [-0.39, 0.29) is 43.2 Å². The monoisotopic (exact) mass is 635 g/mol. The van der Waals surface area contributed by atoms with Crippen molar-refractivity contribution in [3.63, 3.8) is 0 Å². The smallest absolute Gasteiger partial charge is 0.0543 e. The summed E-state index contributed by atoms with van der Waals surface area (Å²) >= 11 is 0. The normalized spacial score (nSPS) is 9.88. The number of rotatable bonds is 10. The zero-order chi connectivity index (χ0) is 26.4. The third kappa shape index (κ3) is 19.7. The van der Waals surface area contributed by atoms with Gasteiger partial charge in [0.15, 0.2) is 0 Å². The van der Waals surface area contributed by atoms with E-state index in [9.17, 15) is 17.6 Å². The van der Waals surface area contributed by atoms with Gasteiger partial charge < -0.3 is 0 Å². The van der Waals surface area contributed by atoms with Crippen molar-refractivity contribution >= 4 is 29.8 Å². The molecule has 0 fully saturated rings. The molecule has 0 aliphatic heterocycles. The summed E-state index contributed by atoms with van der Waals surface area (Å²) in [5.41, 5.74) is -0.816. The van der Waals surface area contributed by atoms with Crippen LogP contribution in [0.25, 0.3) is 6.08 Å². The minimum absolute atomic E-state index is 0. The Morgan fingerprint density at radius 3 is 0.882 bits per heavy atom. The Morgan fingerprint density at radius 2 is 0.765 bits per heavy atom. The Labute approximate surface area is 225 Å². The largest absolute Gasteiger partial charge is 0.281 e. The quantitative estimate of drug-likeness (QED) is 0.0790. The molecule has 0 aromatic heterocycles. The molecule has 0 amide bonds. The van der Waals surface area contributed by atoms with Gasteiger partial charge in [-0.1, -0.05) is 11.6 Å². The van der Waals surface area contributed by atoms with E-state index in [2.05, 4.69) is 68.9 Å². The van der Waals surface area contributed by atoms with Crippen molar-refractivity contribution in [2.24, 2.45) is 0 Å². The molecule has 0 N–H and O–H groups in total. The zero-order valence-corrected chi connectivity index (χ0v) is 27.6. The van der Waals surface area contributed by atoms with Crippen LogP contribution in [0.4, 0.5) is 17.6 Å². The maximum atomic E-state index is 12.6. The molecule has 1 rings (SSSR count). The Balaban J connectivity index is -0.000000182. The fraction of sp³-hybridized carbons (Fsp3) is 0.692. The molecule has 34 heavy (non-hydrogen) atoms. The summed E-state index contributed by atoms with van der Waals surface area (Å²) in [5, 5.41) is 0. The summed E-state index contributed by atoms with van der Waals surface area (Å²) in [6, 6.07) is 1.25. The second kappa shape index (κ2) is 28.2. The molecule has 0 heterocycles. The minimum atomic E-state index is -1.55. The van der Waals surface area contributed by atoms with E-state index in [1.807, 2.05) is 0 Å². The third-order valence-corrected chi connectivity index (χ3v) is 14.8. The summed E-state index contributed by atoms with van der Waals surface area (Å²) in [4.78, 5) is 0. The second-order valence-corrected chi connectivity index (χ2v) is 18.3. The number of halogens is 4. The number of hydrogen-bond acceptors (Lipinski definition) is 0. The fourth-order valence-electron chi connectivity index (χ4n) is 2.97. The first kappa shape index (κ1) is 41.7. The van der Waals surface area contributed by atoms with Crippen LogP contribution in [0.1, 0.15) is 67.9 Å². The summed E-state index contributed by atoms with van der Waals surface area (Å²) in [6.45, 7) is 23.8. The van der Waals surface area contributed by atoms with Crippen LogP contribution in [0.2, 0.25) is 0 Å². The molecule has 0 saturated carbocycles. The molecule has 0 aliphatic rings. The van der Waals surface area contributed by atoms with Gasteiger partial charge in [-0.2, -0.15) is 0 Å². The first-order chi connectivity index (χ1) is 15.6. The van der Waals surface area contributed by atoms with Crippen molar-refractivity contribution in [3.8, 4) is 0 Å².